The Balaban J connectivity index is 1.44. The summed E-state index contributed by atoms with van der Waals surface area (Å²) in [6, 6.07) is 18.7. The highest BCUT2D eigenvalue weighted by Crippen LogP contribution is 2.28. The Bertz CT molecular complexity index is 1510. The quantitative estimate of drug-likeness (QED) is 0.385. The molecule has 1 unspecified atom stereocenters. The van der Waals surface area contributed by atoms with Gasteiger partial charge in [-0.25, -0.2) is 9.97 Å². The van der Waals surface area contributed by atoms with Crippen molar-refractivity contribution >= 4 is 22.6 Å². The lowest BCUT2D eigenvalue weighted by Crippen LogP contribution is -2.15. The van der Waals surface area contributed by atoms with E-state index in [0.717, 1.165) is 39.1 Å². The van der Waals surface area contributed by atoms with Gasteiger partial charge in [0.25, 0.3) is 5.91 Å². The number of benzene rings is 2. The van der Waals surface area contributed by atoms with Crippen LogP contribution in [-0.2, 0) is 0 Å². The van der Waals surface area contributed by atoms with Crippen LogP contribution in [0.3, 0.4) is 0 Å². The summed E-state index contributed by atoms with van der Waals surface area (Å²) < 4.78 is 1.75. The number of nitrogens with zero attached hydrogens (tertiary/aromatic N) is 5. The molecule has 0 fully saturated rings. The summed E-state index contributed by atoms with van der Waals surface area (Å²) in [7, 11) is 0. The first-order chi connectivity index (χ1) is 16.6. The number of rotatable bonds is 6. The molecule has 34 heavy (non-hydrogen) atoms. The summed E-state index contributed by atoms with van der Waals surface area (Å²) in [6.45, 7) is 2.00. The van der Waals surface area contributed by atoms with Gasteiger partial charge in [-0.3, -0.25) is 9.48 Å². The van der Waals surface area contributed by atoms with Crippen LogP contribution in [0.2, 0.25) is 0 Å². The molecule has 5 rings (SSSR count). The van der Waals surface area contributed by atoms with Crippen molar-refractivity contribution in [2.45, 2.75) is 19.4 Å². The van der Waals surface area contributed by atoms with Crippen LogP contribution in [0.15, 0.2) is 79.5 Å². The normalized spacial score (nSPS) is 11.8. The van der Waals surface area contributed by atoms with Crippen molar-refractivity contribution < 1.29 is 4.79 Å². The molecule has 0 bridgehead atoms. The second-order valence-corrected chi connectivity index (χ2v) is 7.99. The lowest BCUT2D eigenvalue weighted by molar-refractivity contribution is 0.102. The number of carbonyl (C=O) groups excluding carboxylic acids is 1. The maximum atomic E-state index is 12.8. The fourth-order valence-corrected chi connectivity index (χ4v) is 3.91. The van der Waals surface area contributed by atoms with E-state index in [1.165, 1.54) is 6.33 Å². The molecule has 8 nitrogen and oxygen atoms in total. The molecule has 0 aliphatic carbocycles. The van der Waals surface area contributed by atoms with Crippen molar-refractivity contribution in [3.63, 3.8) is 0 Å². The van der Waals surface area contributed by atoms with Gasteiger partial charge in [-0.05, 0) is 42.8 Å². The van der Waals surface area contributed by atoms with E-state index in [1.54, 1.807) is 16.9 Å². The first-order valence-corrected chi connectivity index (χ1v) is 10.8. The number of fused-ring (bicyclic) bond motifs is 1. The van der Waals surface area contributed by atoms with E-state index in [9.17, 15) is 10.1 Å². The minimum absolute atomic E-state index is 0.202. The molecule has 0 spiro atoms. The Morgan fingerprint density at radius 2 is 2.03 bits per heavy atom. The fraction of sp³-hybridized carbons (Fsp3) is 0.115. The van der Waals surface area contributed by atoms with Gasteiger partial charge in [-0.15, -0.1) is 0 Å². The van der Waals surface area contributed by atoms with Crippen LogP contribution in [0, 0.1) is 18.3 Å². The van der Waals surface area contributed by atoms with Gasteiger partial charge >= 0.3 is 0 Å². The topological polar surface area (TPSA) is 112 Å². The molecule has 0 aliphatic heterocycles. The smallest absolute Gasteiger partial charge is 0.255 e. The number of anilines is 1. The van der Waals surface area contributed by atoms with Gasteiger partial charge in [0, 0.05) is 34.6 Å². The van der Waals surface area contributed by atoms with Crippen molar-refractivity contribution in [1.82, 2.24) is 24.7 Å². The van der Waals surface area contributed by atoms with Crippen molar-refractivity contribution in [2.75, 3.05) is 5.32 Å². The van der Waals surface area contributed by atoms with Crippen LogP contribution in [-0.4, -0.2) is 30.6 Å². The molecular weight excluding hydrogens is 426 g/mol. The molecule has 3 aromatic heterocycles. The van der Waals surface area contributed by atoms with E-state index in [1.807, 2.05) is 67.8 Å². The van der Waals surface area contributed by atoms with Gasteiger partial charge in [0.1, 0.15) is 12.0 Å². The number of aryl methyl sites for hydroxylation is 1. The summed E-state index contributed by atoms with van der Waals surface area (Å²) in [5.74, 6) is -0.210. The summed E-state index contributed by atoms with van der Waals surface area (Å²) in [4.78, 5) is 24.6. The Labute approximate surface area is 195 Å². The Morgan fingerprint density at radius 1 is 1.18 bits per heavy atom. The largest absolute Gasteiger partial charge is 0.346 e. The molecule has 0 saturated heterocycles. The zero-order chi connectivity index (χ0) is 23.5. The van der Waals surface area contributed by atoms with Crippen LogP contribution < -0.4 is 5.32 Å². The lowest BCUT2D eigenvalue weighted by atomic mass is 10.0. The van der Waals surface area contributed by atoms with Crippen LogP contribution in [0.25, 0.3) is 22.3 Å². The number of carbonyl (C=O) groups is 1. The van der Waals surface area contributed by atoms with Gasteiger partial charge in [0.15, 0.2) is 0 Å². The monoisotopic (exact) mass is 447 g/mol. The van der Waals surface area contributed by atoms with Crippen LogP contribution in [0.4, 0.5) is 5.69 Å². The average molecular weight is 448 g/mol. The van der Waals surface area contributed by atoms with Crippen molar-refractivity contribution in [1.29, 1.82) is 5.26 Å². The molecule has 5 aromatic rings. The molecule has 166 valence electrons. The number of amides is 1. The fourth-order valence-electron chi connectivity index (χ4n) is 3.91. The summed E-state index contributed by atoms with van der Waals surface area (Å²) in [6.07, 6.45) is 7.13. The zero-order valence-electron chi connectivity index (χ0n) is 18.4. The van der Waals surface area contributed by atoms with Crippen molar-refractivity contribution in [3.05, 3.63) is 96.2 Å². The van der Waals surface area contributed by atoms with Gasteiger partial charge < -0.3 is 10.3 Å². The molecule has 8 heteroatoms. The van der Waals surface area contributed by atoms with Crippen LogP contribution >= 0.6 is 0 Å². The lowest BCUT2D eigenvalue weighted by Gasteiger charge is -2.16. The molecule has 2 aromatic carbocycles. The van der Waals surface area contributed by atoms with E-state index in [2.05, 4.69) is 31.4 Å². The predicted octanol–water partition coefficient (Wildman–Crippen LogP) is 4.89. The first kappa shape index (κ1) is 21.1. The van der Waals surface area contributed by atoms with Gasteiger partial charge in [-0.1, -0.05) is 29.8 Å². The van der Waals surface area contributed by atoms with E-state index >= 15 is 0 Å². The summed E-state index contributed by atoms with van der Waals surface area (Å²) in [5, 5.41) is 17.8. The number of hydrogen-bond donors (Lipinski definition) is 2. The van der Waals surface area contributed by atoms with Crippen LogP contribution in [0.5, 0.6) is 0 Å². The highest BCUT2D eigenvalue weighted by molar-refractivity contribution is 6.04. The van der Waals surface area contributed by atoms with E-state index in [-0.39, 0.29) is 18.4 Å². The highest BCUT2D eigenvalue weighted by atomic mass is 16.1. The van der Waals surface area contributed by atoms with E-state index in [4.69, 9.17) is 0 Å². The Kier molecular flexibility index (Phi) is 5.58. The Hall–Kier alpha value is -4.77. The number of hydrogen-bond acceptors (Lipinski definition) is 5. The second kappa shape index (κ2) is 9.00. The number of nitrogens with one attached hydrogen (secondary N) is 2. The molecule has 2 N–H and O–H groups in total. The molecule has 1 amide bonds. The highest BCUT2D eigenvalue weighted by Gasteiger charge is 2.18. The number of aromatic amines is 1. The van der Waals surface area contributed by atoms with E-state index in [0.29, 0.717) is 5.56 Å². The first-order valence-electron chi connectivity index (χ1n) is 10.8. The zero-order valence-corrected chi connectivity index (χ0v) is 18.4. The number of H-pyrrole nitrogens is 1. The number of aromatic nitrogens is 5. The minimum Gasteiger partial charge on any atom is -0.346 e. The number of nitriles is 1. The third-order valence-corrected chi connectivity index (χ3v) is 5.68. The molecule has 3 heterocycles. The predicted molar refractivity (Wildman–Crippen MR) is 129 cm³/mol. The third-order valence-electron chi connectivity index (χ3n) is 5.68. The van der Waals surface area contributed by atoms with Gasteiger partial charge in [-0.2, -0.15) is 10.4 Å². The molecule has 0 aliphatic rings. The van der Waals surface area contributed by atoms with Gasteiger partial charge in [0.05, 0.1) is 30.4 Å². The Morgan fingerprint density at radius 3 is 2.85 bits per heavy atom. The van der Waals surface area contributed by atoms with E-state index < -0.39 is 0 Å². The van der Waals surface area contributed by atoms with Crippen LogP contribution in [0.1, 0.15) is 33.9 Å². The molecular formula is C26H21N7O. The second-order valence-electron chi connectivity index (χ2n) is 7.99. The standard InChI is InChI=1S/C26H21N7O/c1-17-5-7-21(8-6-17)32-26(34)19-4-2-3-18(13-19)23(9-11-27)33-15-20(14-31-33)24-22-10-12-28-25(22)30-16-29-24/h2-8,10,12-16,23H,9H2,1H3,(H,32,34)(H,28,29,30). The molecule has 0 radical (unpaired) electrons. The maximum absolute atomic E-state index is 12.8. The van der Waals surface area contributed by atoms with Crippen molar-refractivity contribution in [2.24, 2.45) is 0 Å². The minimum atomic E-state index is -0.352. The van der Waals surface area contributed by atoms with Gasteiger partial charge in [0.2, 0.25) is 0 Å². The SMILES string of the molecule is Cc1ccc(NC(=O)c2cccc(C(CC#N)n3cc(-c4ncnc5[nH]ccc45)cn3)c2)cc1. The maximum Gasteiger partial charge on any atom is 0.255 e. The average Bonchev–Trinajstić information content (AvgIpc) is 3.54. The third kappa shape index (κ3) is 4.14. The molecule has 0 saturated carbocycles. The molecule has 1 atom stereocenters. The van der Waals surface area contributed by atoms with Crippen molar-refractivity contribution in [3.8, 4) is 17.3 Å². The summed E-state index contributed by atoms with van der Waals surface area (Å²) in [5.41, 5.74) is 5.52. The summed E-state index contributed by atoms with van der Waals surface area (Å²) >= 11 is 0.